The van der Waals surface area contributed by atoms with E-state index in [1.54, 1.807) is 0 Å². The molecule has 0 aliphatic carbocycles. The second-order valence-corrected chi connectivity index (χ2v) is 14.4. The summed E-state index contributed by atoms with van der Waals surface area (Å²) in [6.45, 7) is 4.63. The van der Waals surface area contributed by atoms with Gasteiger partial charge < -0.3 is 10.2 Å². The lowest BCUT2D eigenvalue weighted by Crippen LogP contribution is -2.20. The highest BCUT2D eigenvalue weighted by Gasteiger charge is 2.26. The average Bonchev–Trinajstić information content (AvgIpc) is 3.25. The molecule has 0 atom stereocenters. The van der Waals surface area contributed by atoms with Gasteiger partial charge in [0.1, 0.15) is 0 Å². The van der Waals surface area contributed by atoms with E-state index >= 15 is 0 Å². The van der Waals surface area contributed by atoms with Crippen LogP contribution < -0.4 is 10.2 Å². The van der Waals surface area contributed by atoms with Gasteiger partial charge in [0.2, 0.25) is 0 Å². The standard InChI is InChI=1S/C53H44N2/c1-53(2,46-22-12-5-13-23-46)51-36-41(29-28-40-30-33-50(34-31-40)55(48-24-14-6-15-25-48)49-26-16-7-17-27-49)32-35-52(51)54-47-38-44(42-18-8-3-9-19-42)37-45(39-47)43-20-10-4-11-21-43/h3-39,54H,1-2H3/b29-28+. The van der Waals surface area contributed by atoms with Crippen LogP contribution in [0.1, 0.15) is 36.1 Å². The molecule has 55 heavy (non-hydrogen) atoms. The molecule has 8 rings (SSSR count). The Hall–Kier alpha value is -6.90. The first-order valence-electron chi connectivity index (χ1n) is 18.9. The Morgan fingerprint density at radius 3 is 1.36 bits per heavy atom. The molecule has 0 saturated carbocycles. The molecule has 8 aromatic rings. The van der Waals surface area contributed by atoms with Gasteiger partial charge in [0.25, 0.3) is 0 Å². The third-order valence-corrected chi connectivity index (χ3v) is 10.3. The maximum Gasteiger partial charge on any atom is 0.0462 e. The van der Waals surface area contributed by atoms with Crippen molar-refractivity contribution in [2.75, 3.05) is 10.2 Å². The maximum absolute atomic E-state index is 3.88. The van der Waals surface area contributed by atoms with Gasteiger partial charge >= 0.3 is 0 Å². The molecule has 1 N–H and O–H groups in total. The fraction of sp³-hybridized carbons (Fsp3) is 0.0566. The molecule has 2 heteroatoms. The summed E-state index contributed by atoms with van der Waals surface area (Å²) in [6.07, 6.45) is 4.43. The maximum atomic E-state index is 3.88. The highest BCUT2D eigenvalue weighted by molar-refractivity contribution is 5.82. The summed E-state index contributed by atoms with van der Waals surface area (Å²) >= 11 is 0. The Labute approximate surface area is 325 Å². The quantitative estimate of drug-likeness (QED) is 0.135. The van der Waals surface area contributed by atoms with Gasteiger partial charge in [-0.2, -0.15) is 0 Å². The van der Waals surface area contributed by atoms with Crippen molar-refractivity contribution < 1.29 is 0 Å². The van der Waals surface area contributed by atoms with E-state index in [4.69, 9.17) is 0 Å². The van der Waals surface area contributed by atoms with E-state index in [1.807, 2.05) is 0 Å². The molecule has 0 saturated heterocycles. The van der Waals surface area contributed by atoms with Gasteiger partial charge in [-0.05, 0) is 111 Å². The van der Waals surface area contributed by atoms with Gasteiger partial charge in [0.05, 0.1) is 0 Å². The van der Waals surface area contributed by atoms with E-state index in [2.05, 4.69) is 249 Å². The molecule has 0 spiro atoms. The van der Waals surface area contributed by atoms with Crippen molar-refractivity contribution in [3.8, 4) is 22.3 Å². The van der Waals surface area contributed by atoms with Crippen molar-refractivity contribution in [2.24, 2.45) is 0 Å². The van der Waals surface area contributed by atoms with Crippen LogP contribution in [0.4, 0.5) is 28.4 Å². The van der Waals surface area contributed by atoms with E-state index in [1.165, 1.54) is 33.4 Å². The number of nitrogens with zero attached hydrogens (tertiary/aromatic N) is 1. The first-order chi connectivity index (χ1) is 27.0. The van der Waals surface area contributed by atoms with Crippen LogP contribution in [0.3, 0.4) is 0 Å². The molecular weight excluding hydrogens is 665 g/mol. The zero-order chi connectivity index (χ0) is 37.5. The molecule has 0 aliphatic rings. The lowest BCUT2D eigenvalue weighted by Gasteiger charge is -2.29. The monoisotopic (exact) mass is 708 g/mol. The number of nitrogens with one attached hydrogen (secondary N) is 1. The van der Waals surface area contributed by atoms with Crippen LogP contribution in [0.15, 0.2) is 212 Å². The van der Waals surface area contributed by atoms with Crippen LogP contribution in [-0.2, 0) is 5.41 Å². The minimum Gasteiger partial charge on any atom is -0.355 e. The van der Waals surface area contributed by atoms with Crippen molar-refractivity contribution in [1.29, 1.82) is 0 Å². The number of anilines is 5. The molecule has 0 bridgehead atoms. The molecule has 8 aromatic carbocycles. The van der Waals surface area contributed by atoms with Gasteiger partial charge in [-0.25, -0.2) is 0 Å². The van der Waals surface area contributed by atoms with Gasteiger partial charge in [-0.15, -0.1) is 0 Å². The highest BCUT2D eigenvalue weighted by atomic mass is 15.1. The molecule has 0 aliphatic heterocycles. The summed E-state index contributed by atoms with van der Waals surface area (Å²) in [7, 11) is 0. The minimum absolute atomic E-state index is 0.271. The van der Waals surface area contributed by atoms with Gasteiger partial charge in [-0.1, -0.05) is 172 Å². The van der Waals surface area contributed by atoms with Crippen LogP contribution >= 0.6 is 0 Å². The van der Waals surface area contributed by atoms with Crippen LogP contribution in [-0.4, -0.2) is 0 Å². The molecule has 266 valence electrons. The normalized spacial score (nSPS) is 11.4. The number of hydrogen-bond acceptors (Lipinski definition) is 2. The smallest absolute Gasteiger partial charge is 0.0462 e. The second kappa shape index (κ2) is 16.0. The van der Waals surface area contributed by atoms with Crippen LogP contribution in [0.25, 0.3) is 34.4 Å². The van der Waals surface area contributed by atoms with E-state index in [0.717, 1.165) is 39.6 Å². The molecule has 0 radical (unpaired) electrons. The van der Waals surface area contributed by atoms with Crippen molar-refractivity contribution in [3.63, 3.8) is 0 Å². The van der Waals surface area contributed by atoms with Crippen molar-refractivity contribution in [3.05, 3.63) is 235 Å². The minimum atomic E-state index is -0.271. The summed E-state index contributed by atoms with van der Waals surface area (Å²) < 4.78 is 0. The van der Waals surface area contributed by atoms with Gasteiger partial charge in [0, 0.05) is 33.9 Å². The predicted octanol–water partition coefficient (Wildman–Crippen LogP) is 14.7. The van der Waals surface area contributed by atoms with Crippen LogP contribution in [0, 0.1) is 0 Å². The predicted molar refractivity (Wildman–Crippen MR) is 236 cm³/mol. The Balaban J connectivity index is 1.14. The summed E-state index contributed by atoms with van der Waals surface area (Å²) in [5.41, 5.74) is 14.7. The van der Waals surface area contributed by atoms with Crippen molar-refractivity contribution in [2.45, 2.75) is 19.3 Å². The molecule has 0 amide bonds. The number of rotatable bonds is 11. The summed E-state index contributed by atoms with van der Waals surface area (Å²) in [5, 5.41) is 3.88. The Bertz CT molecular complexity index is 2390. The molecule has 0 unspecified atom stereocenters. The Morgan fingerprint density at radius 2 is 0.836 bits per heavy atom. The first-order valence-corrected chi connectivity index (χ1v) is 18.9. The molecule has 0 fully saturated rings. The lowest BCUT2D eigenvalue weighted by molar-refractivity contribution is 0.643. The molecule has 0 heterocycles. The van der Waals surface area contributed by atoms with E-state index in [-0.39, 0.29) is 5.41 Å². The zero-order valence-electron chi connectivity index (χ0n) is 31.3. The largest absolute Gasteiger partial charge is 0.355 e. The van der Waals surface area contributed by atoms with Gasteiger partial charge in [-0.3, -0.25) is 0 Å². The van der Waals surface area contributed by atoms with Crippen molar-refractivity contribution in [1.82, 2.24) is 0 Å². The Kier molecular flexibility index (Phi) is 10.2. The lowest BCUT2D eigenvalue weighted by atomic mass is 9.76. The summed E-state index contributed by atoms with van der Waals surface area (Å²) in [6, 6.07) is 75.5. The number of para-hydroxylation sites is 2. The number of benzene rings is 8. The fourth-order valence-electron chi connectivity index (χ4n) is 7.28. The first kappa shape index (κ1) is 35.1. The van der Waals surface area contributed by atoms with E-state index in [0.29, 0.717) is 0 Å². The molecular formula is C53H44N2. The highest BCUT2D eigenvalue weighted by Crippen LogP contribution is 2.40. The van der Waals surface area contributed by atoms with E-state index in [9.17, 15) is 0 Å². The summed E-state index contributed by atoms with van der Waals surface area (Å²) in [4.78, 5) is 2.29. The Morgan fingerprint density at radius 1 is 0.400 bits per heavy atom. The second-order valence-electron chi connectivity index (χ2n) is 14.4. The number of hydrogen-bond donors (Lipinski definition) is 1. The van der Waals surface area contributed by atoms with Crippen LogP contribution in [0.2, 0.25) is 0 Å². The van der Waals surface area contributed by atoms with Crippen LogP contribution in [0.5, 0.6) is 0 Å². The SMILES string of the molecule is CC(C)(c1ccccc1)c1cc(/C=C/c2ccc(N(c3ccccc3)c3ccccc3)cc2)ccc1Nc1cc(-c2ccccc2)cc(-c2ccccc2)c1. The van der Waals surface area contributed by atoms with Crippen molar-refractivity contribution >= 4 is 40.6 Å². The van der Waals surface area contributed by atoms with Gasteiger partial charge in [0.15, 0.2) is 0 Å². The summed E-state index contributed by atoms with van der Waals surface area (Å²) in [5.74, 6) is 0. The third-order valence-electron chi connectivity index (χ3n) is 10.3. The third kappa shape index (κ3) is 8.05. The fourth-order valence-corrected chi connectivity index (χ4v) is 7.28. The molecule has 0 aromatic heterocycles. The molecule has 2 nitrogen and oxygen atoms in total. The zero-order valence-corrected chi connectivity index (χ0v) is 31.3. The average molecular weight is 709 g/mol. The van der Waals surface area contributed by atoms with E-state index < -0.39 is 0 Å². The topological polar surface area (TPSA) is 15.3 Å².